The molecule has 35 heavy (non-hydrogen) atoms. The minimum absolute atomic E-state index is 0.125. The molecule has 0 fully saturated rings. The van der Waals surface area contributed by atoms with Crippen LogP contribution in [0.25, 0.3) is 0 Å². The van der Waals surface area contributed by atoms with E-state index in [1.807, 2.05) is 0 Å². The van der Waals surface area contributed by atoms with Crippen LogP contribution in [0.5, 0.6) is 11.5 Å². The highest BCUT2D eigenvalue weighted by Crippen LogP contribution is 2.37. The average Bonchev–Trinajstić information content (AvgIpc) is 2.79. The molecular weight excluding hydrogens is 534 g/mol. The Labute approximate surface area is 212 Å². The Kier molecular flexibility index (Phi) is 8.31. The number of halogens is 6. The number of nitrogens with one attached hydrogen (secondary N) is 1. The largest absolute Gasteiger partial charge is 0.493 e. The first-order valence-corrected chi connectivity index (χ1v) is 10.7. The number of methoxy groups -OCH3 is 1. The van der Waals surface area contributed by atoms with Crippen molar-refractivity contribution in [2.75, 3.05) is 12.5 Å². The van der Waals surface area contributed by atoms with E-state index in [9.17, 15) is 23.3 Å². The second-order valence-corrected chi connectivity index (χ2v) is 8.15. The number of nitrogens with zero attached hydrogens (tertiary/aromatic N) is 2. The van der Waals surface area contributed by atoms with Crippen molar-refractivity contribution in [2.24, 2.45) is 5.10 Å². The summed E-state index contributed by atoms with van der Waals surface area (Å²) in [5.41, 5.74) is 1.39. The Morgan fingerprint density at radius 1 is 1.06 bits per heavy atom. The van der Waals surface area contributed by atoms with Gasteiger partial charge in [0, 0.05) is 6.07 Å². The van der Waals surface area contributed by atoms with Gasteiger partial charge >= 0.3 is 6.18 Å². The number of hydrogen-bond donors (Lipinski definition) is 1. The first-order chi connectivity index (χ1) is 16.5. The van der Waals surface area contributed by atoms with Crippen LogP contribution >= 0.6 is 34.8 Å². The van der Waals surface area contributed by atoms with E-state index in [0.29, 0.717) is 27.7 Å². The predicted octanol–water partition coefficient (Wildman–Crippen LogP) is 7.61. The second-order valence-electron chi connectivity index (χ2n) is 6.93. The minimum Gasteiger partial charge on any atom is -0.493 e. The Morgan fingerprint density at radius 3 is 2.43 bits per heavy atom. The summed E-state index contributed by atoms with van der Waals surface area (Å²) in [5.74, 6) is 0.531. The summed E-state index contributed by atoms with van der Waals surface area (Å²) in [7, 11) is 1.41. The fourth-order valence-electron chi connectivity index (χ4n) is 2.87. The fraction of sp³-hybridized carbons (Fsp3) is 0.136. The van der Waals surface area contributed by atoms with Gasteiger partial charge in [-0.25, -0.2) is 0 Å². The molecule has 0 bridgehead atoms. The third-order valence-corrected chi connectivity index (χ3v) is 5.56. The summed E-state index contributed by atoms with van der Waals surface area (Å²) in [6.07, 6.45) is -3.46. The molecule has 184 valence electrons. The number of hydrazone groups is 1. The highest BCUT2D eigenvalue weighted by atomic mass is 35.5. The molecule has 0 heterocycles. The number of ether oxygens (including phenoxy) is 2. The summed E-state index contributed by atoms with van der Waals surface area (Å²) < 4.78 is 49.6. The number of nitro benzene ring substituents is 1. The summed E-state index contributed by atoms with van der Waals surface area (Å²) >= 11 is 18.2. The van der Waals surface area contributed by atoms with E-state index in [2.05, 4.69) is 10.5 Å². The molecule has 0 spiro atoms. The molecule has 1 N–H and O–H groups in total. The number of anilines is 1. The molecule has 13 heteroatoms. The van der Waals surface area contributed by atoms with Gasteiger partial charge in [-0.05, 0) is 47.5 Å². The predicted molar refractivity (Wildman–Crippen MR) is 128 cm³/mol. The second kappa shape index (κ2) is 11.0. The number of hydrogen-bond acceptors (Lipinski definition) is 6. The molecule has 3 aromatic rings. The van der Waals surface area contributed by atoms with Crippen LogP contribution in [-0.2, 0) is 12.8 Å². The maximum atomic E-state index is 12.8. The van der Waals surface area contributed by atoms with Gasteiger partial charge in [0.2, 0.25) is 0 Å². The van der Waals surface area contributed by atoms with Crippen LogP contribution in [0.1, 0.15) is 16.7 Å². The van der Waals surface area contributed by atoms with Crippen molar-refractivity contribution in [3.05, 3.63) is 90.4 Å². The average molecular weight is 549 g/mol. The van der Waals surface area contributed by atoms with Crippen LogP contribution in [0.4, 0.5) is 24.5 Å². The summed E-state index contributed by atoms with van der Waals surface area (Å²) in [5, 5.41) is 16.0. The maximum Gasteiger partial charge on any atom is 0.416 e. The molecule has 0 amide bonds. The van der Waals surface area contributed by atoms with E-state index in [1.165, 1.54) is 19.4 Å². The zero-order valence-corrected chi connectivity index (χ0v) is 20.0. The molecule has 0 atom stereocenters. The van der Waals surface area contributed by atoms with Gasteiger partial charge in [-0.15, -0.1) is 0 Å². The lowest BCUT2D eigenvalue weighted by Gasteiger charge is -2.13. The normalized spacial score (nSPS) is 11.5. The third-order valence-electron chi connectivity index (χ3n) is 4.54. The number of nitro groups is 1. The molecule has 3 aromatic carbocycles. The molecule has 0 aliphatic heterocycles. The Bertz CT molecular complexity index is 1290. The van der Waals surface area contributed by atoms with Crippen molar-refractivity contribution in [2.45, 2.75) is 12.8 Å². The van der Waals surface area contributed by atoms with Crippen molar-refractivity contribution in [1.82, 2.24) is 0 Å². The van der Waals surface area contributed by atoms with E-state index in [0.717, 1.165) is 11.6 Å². The molecule has 0 radical (unpaired) electrons. The number of alkyl halides is 3. The monoisotopic (exact) mass is 547 g/mol. The lowest BCUT2D eigenvalue weighted by atomic mass is 10.1. The lowest BCUT2D eigenvalue weighted by Crippen LogP contribution is -2.06. The Hall–Kier alpha value is -3.21. The van der Waals surface area contributed by atoms with Gasteiger partial charge < -0.3 is 9.47 Å². The van der Waals surface area contributed by atoms with Gasteiger partial charge in [-0.2, -0.15) is 18.3 Å². The summed E-state index contributed by atoms with van der Waals surface area (Å²) in [4.78, 5) is 10.2. The molecule has 0 saturated heterocycles. The molecule has 0 unspecified atom stereocenters. The van der Waals surface area contributed by atoms with E-state index < -0.39 is 22.4 Å². The van der Waals surface area contributed by atoms with Crippen LogP contribution < -0.4 is 14.9 Å². The zero-order chi connectivity index (χ0) is 25.8. The van der Waals surface area contributed by atoms with Gasteiger partial charge in [0.25, 0.3) is 5.69 Å². The van der Waals surface area contributed by atoms with E-state index in [-0.39, 0.29) is 28.8 Å². The van der Waals surface area contributed by atoms with Gasteiger partial charge in [0.1, 0.15) is 12.3 Å². The highest BCUT2D eigenvalue weighted by molar-refractivity contribution is 6.42. The molecular formula is C22H15Cl3F3N3O4. The minimum atomic E-state index is -4.72. The smallest absolute Gasteiger partial charge is 0.416 e. The Morgan fingerprint density at radius 2 is 1.80 bits per heavy atom. The van der Waals surface area contributed by atoms with Crippen molar-refractivity contribution in [3.63, 3.8) is 0 Å². The van der Waals surface area contributed by atoms with E-state index in [4.69, 9.17) is 44.3 Å². The molecule has 0 aliphatic rings. The lowest BCUT2D eigenvalue weighted by molar-refractivity contribution is -0.384. The van der Waals surface area contributed by atoms with Crippen molar-refractivity contribution >= 4 is 52.4 Å². The topological polar surface area (TPSA) is 86.0 Å². The van der Waals surface area contributed by atoms with E-state index in [1.54, 1.807) is 24.3 Å². The number of benzene rings is 3. The number of rotatable bonds is 8. The van der Waals surface area contributed by atoms with Gasteiger partial charge in [-0.3, -0.25) is 15.5 Å². The third kappa shape index (κ3) is 6.68. The molecule has 3 rings (SSSR count). The van der Waals surface area contributed by atoms with Crippen LogP contribution in [0.2, 0.25) is 15.1 Å². The highest BCUT2D eigenvalue weighted by Gasteiger charge is 2.33. The first-order valence-electron chi connectivity index (χ1n) is 9.58. The fourth-order valence-corrected chi connectivity index (χ4v) is 3.46. The molecule has 7 nitrogen and oxygen atoms in total. The van der Waals surface area contributed by atoms with E-state index >= 15 is 0 Å². The molecule has 0 saturated carbocycles. The maximum absolute atomic E-state index is 12.8. The molecule has 0 aromatic heterocycles. The van der Waals surface area contributed by atoms with Crippen LogP contribution in [0, 0.1) is 10.1 Å². The molecule has 0 aliphatic carbocycles. The van der Waals surface area contributed by atoms with Crippen molar-refractivity contribution < 1.29 is 27.6 Å². The van der Waals surface area contributed by atoms with Crippen LogP contribution in [0.15, 0.2) is 53.6 Å². The summed E-state index contributed by atoms with van der Waals surface area (Å²) in [6.45, 7) is 0.125. The zero-order valence-electron chi connectivity index (χ0n) is 17.7. The quantitative estimate of drug-likeness (QED) is 0.178. The first kappa shape index (κ1) is 26.4. The Balaban J connectivity index is 1.77. The van der Waals surface area contributed by atoms with Crippen molar-refractivity contribution in [3.8, 4) is 11.5 Å². The van der Waals surface area contributed by atoms with Crippen LogP contribution in [-0.4, -0.2) is 18.2 Å². The van der Waals surface area contributed by atoms with Crippen molar-refractivity contribution in [1.29, 1.82) is 0 Å². The standard InChI is InChI=1S/C22H15Cl3F3N3O4/c1-34-20-8-13(7-17(25)21(20)35-11-12-2-4-15(23)16(24)6-12)10-29-30-18-5-3-14(22(26,27)28)9-19(18)31(32)33/h2-10,30H,11H2,1H3/b29-10-. The van der Waals surface area contributed by atoms with Gasteiger partial charge in [-0.1, -0.05) is 40.9 Å². The van der Waals surface area contributed by atoms with Crippen LogP contribution in [0.3, 0.4) is 0 Å². The SMILES string of the molecule is COc1cc(/C=N\Nc2ccc(C(F)(F)F)cc2[N+](=O)[O-])cc(Cl)c1OCc1ccc(Cl)c(Cl)c1. The van der Waals surface area contributed by atoms with Gasteiger partial charge in [0.15, 0.2) is 11.5 Å². The summed E-state index contributed by atoms with van der Waals surface area (Å²) in [6, 6.07) is 10.1. The van der Waals surface area contributed by atoms with Gasteiger partial charge in [0.05, 0.1) is 38.9 Å².